The van der Waals surface area contributed by atoms with E-state index < -0.39 is 5.56 Å². The molecule has 0 aliphatic rings. The number of hydrogen-bond acceptors (Lipinski definition) is 4. The molecule has 3 aromatic heterocycles. The van der Waals surface area contributed by atoms with Crippen LogP contribution in [0.25, 0.3) is 11.0 Å². The third kappa shape index (κ3) is 3.39. The molecule has 27 heavy (non-hydrogen) atoms. The lowest BCUT2D eigenvalue weighted by molar-refractivity contribution is 0.632. The van der Waals surface area contributed by atoms with E-state index in [1.807, 2.05) is 12.1 Å². The Morgan fingerprint density at radius 2 is 1.59 bits per heavy atom. The second-order valence-electron chi connectivity index (χ2n) is 6.12. The Kier molecular flexibility index (Phi) is 4.56. The van der Waals surface area contributed by atoms with Gasteiger partial charge in [0.1, 0.15) is 0 Å². The molecule has 0 aliphatic carbocycles. The SMILES string of the molecule is O=c1c2ncccc2n(Cc2cccnc2)c(=O)n1Cc1ccc(Cl)cc1. The van der Waals surface area contributed by atoms with E-state index >= 15 is 0 Å². The van der Waals surface area contributed by atoms with Crippen LogP contribution < -0.4 is 11.2 Å². The molecule has 4 aromatic rings. The minimum absolute atomic E-state index is 0.147. The number of rotatable bonds is 4. The molecule has 4 rings (SSSR count). The van der Waals surface area contributed by atoms with Crippen molar-refractivity contribution in [2.45, 2.75) is 13.1 Å². The number of fused-ring (bicyclic) bond motifs is 1. The van der Waals surface area contributed by atoms with E-state index in [-0.39, 0.29) is 17.8 Å². The van der Waals surface area contributed by atoms with Crippen LogP contribution in [0.3, 0.4) is 0 Å². The van der Waals surface area contributed by atoms with Gasteiger partial charge in [-0.25, -0.2) is 9.78 Å². The maximum absolute atomic E-state index is 13.1. The van der Waals surface area contributed by atoms with E-state index in [0.717, 1.165) is 11.1 Å². The number of hydrogen-bond donors (Lipinski definition) is 0. The summed E-state index contributed by atoms with van der Waals surface area (Å²) in [6.45, 7) is 0.449. The van der Waals surface area contributed by atoms with Crippen LogP contribution in [0.5, 0.6) is 0 Å². The van der Waals surface area contributed by atoms with Crippen molar-refractivity contribution in [3.8, 4) is 0 Å². The second kappa shape index (κ2) is 7.17. The molecule has 0 aliphatic heterocycles. The Bertz CT molecular complexity index is 1210. The highest BCUT2D eigenvalue weighted by Gasteiger charge is 2.14. The highest BCUT2D eigenvalue weighted by molar-refractivity contribution is 6.30. The van der Waals surface area contributed by atoms with E-state index in [9.17, 15) is 9.59 Å². The van der Waals surface area contributed by atoms with Gasteiger partial charge in [0.05, 0.1) is 18.6 Å². The largest absolute Gasteiger partial charge is 0.332 e. The van der Waals surface area contributed by atoms with Crippen molar-refractivity contribution in [3.63, 3.8) is 0 Å². The van der Waals surface area contributed by atoms with Gasteiger partial charge in [0, 0.05) is 23.6 Å². The number of benzene rings is 1. The van der Waals surface area contributed by atoms with E-state index in [1.54, 1.807) is 59.6 Å². The molecule has 0 bridgehead atoms. The number of nitrogens with zero attached hydrogens (tertiary/aromatic N) is 4. The van der Waals surface area contributed by atoms with Crippen LogP contribution in [-0.4, -0.2) is 19.1 Å². The maximum atomic E-state index is 13.1. The number of pyridine rings is 2. The van der Waals surface area contributed by atoms with Crippen LogP contribution in [0.15, 0.2) is 76.7 Å². The fourth-order valence-electron chi connectivity index (χ4n) is 2.98. The van der Waals surface area contributed by atoms with Crippen LogP contribution in [0.2, 0.25) is 5.02 Å². The summed E-state index contributed by atoms with van der Waals surface area (Å²) in [5, 5.41) is 0.597. The Hall–Kier alpha value is -3.25. The zero-order chi connectivity index (χ0) is 18.8. The third-order valence-corrected chi connectivity index (χ3v) is 4.56. The molecular weight excluding hydrogens is 364 g/mol. The summed E-state index contributed by atoms with van der Waals surface area (Å²) < 4.78 is 2.76. The summed E-state index contributed by atoms with van der Waals surface area (Å²) in [5.41, 5.74) is 1.63. The van der Waals surface area contributed by atoms with Crippen molar-refractivity contribution in [1.82, 2.24) is 19.1 Å². The third-order valence-electron chi connectivity index (χ3n) is 4.30. The van der Waals surface area contributed by atoms with Crippen LogP contribution in [0.4, 0.5) is 0 Å². The molecule has 0 radical (unpaired) electrons. The summed E-state index contributed by atoms with van der Waals surface area (Å²) in [7, 11) is 0. The summed E-state index contributed by atoms with van der Waals surface area (Å²) in [4.78, 5) is 34.3. The van der Waals surface area contributed by atoms with Gasteiger partial charge in [0.2, 0.25) is 0 Å². The van der Waals surface area contributed by atoms with Gasteiger partial charge in [-0.2, -0.15) is 0 Å². The minimum Gasteiger partial charge on any atom is -0.287 e. The van der Waals surface area contributed by atoms with Crippen LogP contribution in [-0.2, 0) is 13.1 Å². The smallest absolute Gasteiger partial charge is 0.287 e. The second-order valence-corrected chi connectivity index (χ2v) is 6.56. The molecule has 0 fully saturated rings. The first-order valence-electron chi connectivity index (χ1n) is 8.35. The average molecular weight is 379 g/mol. The monoisotopic (exact) mass is 378 g/mol. The molecule has 0 unspecified atom stereocenters. The molecule has 134 valence electrons. The molecule has 0 amide bonds. The minimum atomic E-state index is -0.409. The van der Waals surface area contributed by atoms with Crippen molar-refractivity contribution in [2.75, 3.05) is 0 Å². The van der Waals surface area contributed by atoms with Crippen molar-refractivity contribution in [3.05, 3.63) is 104 Å². The van der Waals surface area contributed by atoms with Gasteiger partial charge >= 0.3 is 5.69 Å². The average Bonchev–Trinajstić information content (AvgIpc) is 2.71. The molecule has 0 saturated carbocycles. The lowest BCUT2D eigenvalue weighted by Crippen LogP contribution is -2.40. The molecule has 6 nitrogen and oxygen atoms in total. The van der Waals surface area contributed by atoms with Gasteiger partial charge in [0.25, 0.3) is 5.56 Å². The molecule has 0 spiro atoms. The van der Waals surface area contributed by atoms with Crippen molar-refractivity contribution >= 4 is 22.6 Å². The lowest BCUT2D eigenvalue weighted by Gasteiger charge is -2.13. The Morgan fingerprint density at radius 3 is 2.33 bits per heavy atom. The Balaban J connectivity index is 1.90. The predicted molar refractivity (Wildman–Crippen MR) is 104 cm³/mol. The molecule has 0 atom stereocenters. The molecule has 7 heteroatoms. The Morgan fingerprint density at radius 1 is 0.852 bits per heavy atom. The topological polar surface area (TPSA) is 69.8 Å². The summed E-state index contributed by atoms with van der Waals surface area (Å²) in [5.74, 6) is 0. The van der Waals surface area contributed by atoms with Crippen LogP contribution >= 0.6 is 11.6 Å². The van der Waals surface area contributed by atoms with Crippen LogP contribution in [0.1, 0.15) is 11.1 Å². The van der Waals surface area contributed by atoms with Gasteiger partial charge in [-0.1, -0.05) is 29.8 Å². The first-order chi connectivity index (χ1) is 13.1. The standard InChI is InChI=1S/C20H15ClN4O2/c21-16-7-5-14(6-8-16)12-25-19(26)18-17(4-2-10-23-18)24(20(25)27)13-15-3-1-9-22-11-15/h1-11H,12-13H2. The van der Waals surface area contributed by atoms with Crippen molar-refractivity contribution in [1.29, 1.82) is 0 Å². The molecule has 0 saturated heterocycles. The summed E-state index contributed by atoms with van der Waals surface area (Å²) in [6.07, 6.45) is 4.92. The van der Waals surface area contributed by atoms with Gasteiger partial charge in [-0.3, -0.25) is 18.9 Å². The summed E-state index contributed by atoms with van der Waals surface area (Å²) in [6, 6.07) is 14.2. The fraction of sp³-hybridized carbons (Fsp3) is 0.100. The van der Waals surface area contributed by atoms with Crippen LogP contribution in [0, 0.1) is 0 Å². The van der Waals surface area contributed by atoms with Gasteiger partial charge in [0.15, 0.2) is 5.52 Å². The van der Waals surface area contributed by atoms with Crippen molar-refractivity contribution in [2.24, 2.45) is 0 Å². The maximum Gasteiger partial charge on any atom is 0.332 e. The predicted octanol–water partition coefficient (Wildman–Crippen LogP) is 2.70. The summed E-state index contributed by atoms with van der Waals surface area (Å²) >= 11 is 5.92. The van der Waals surface area contributed by atoms with E-state index in [4.69, 9.17) is 11.6 Å². The van der Waals surface area contributed by atoms with Gasteiger partial charge < -0.3 is 0 Å². The number of aromatic nitrogens is 4. The highest BCUT2D eigenvalue weighted by Crippen LogP contribution is 2.11. The van der Waals surface area contributed by atoms with Gasteiger partial charge in [-0.15, -0.1) is 0 Å². The van der Waals surface area contributed by atoms with Crippen molar-refractivity contribution < 1.29 is 0 Å². The quantitative estimate of drug-likeness (QED) is 0.547. The lowest BCUT2D eigenvalue weighted by atomic mass is 10.2. The molecule has 3 heterocycles. The first-order valence-corrected chi connectivity index (χ1v) is 8.73. The normalized spacial score (nSPS) is 11.0. The van der Waals surface area contributed by atoms with E-state index in [2.05, 4.69) is 9.97 Å². The molecule has 1 aromatic carbocycles. The molecule has 0 N–H and O–H groups in total. The Labute approximate surface area is 159 Å². The number of halogens is 1. The van der Waals surface area contributed by atoms with E-state index in [0.29, 0.717) is 17.1 Å². The molecular formula is C20H15ClN4O2. The fourth-order valence-corrected chi connectivity index (χ4v) is 3.11. The first kappa shape index (κ1) is 17.2. The highest BCUT2D eigenvalue weighted by atomic mass is 35.5. The zero-order valence-electron chi connectivity index (χ0n) is 14.2. The van der Waals surface area contributed by atoms with E-state index in [1.165, 1.54) is 4.57 Å². The van der Waals surface area contributed by atoms with Gasteiger partial charge in [-0.05, 0) is 41.5 Å². The zero-order valence-corrected chi connectivity index (χ0v) is 15.0.